The van der Waals surface area contributed by atoms with Crippen LogP contribution in [0.25, 0.3) is 0 Å². The van der Waals surface area contributed by atoms with E-state index < -0.39 is 10.0 Å². The van der Waals surface area contributed by atoms with Crippen molar-refractivity contribution < 1.29 is 8.42 Å². The van der Waals surface area contributed by atoms with Crippen molar-refractivity contribution in [1.29, 1.82) is 0 Å². The molecule has 0 aliphatic carbocycles. The van der Waals surface area contributed by atoms with Crippen molar-refractivity contribution in [3.8, 4) is 0 Å². The number of thiazole rings is 1. The Labute approximate surface area is 119 Å². The van der Waals surface area contributed by atoms with E-state index in [0.29, 0.717) is 6.54 Å². The van der Waals surface area contributed by atoms with E-state index in [2.05, 4.69) is 41.2 Å². The zero-order chi connectivity index (χ0) is 14.5. The molecule has 0 saturated carbocycles. The van der Waals surface area contributed by atoms with Gasteiger partial charge in [0.25, 0.3) is 0 Å². The predicted octanol–water partition coefficient (Wildman–Crippen LogP) is 1.47. The van der Waals surface area contributed by atoms with Gasteiger partial charge < -0.3 is 5.32 Å². The number of nitrogens with zero attached hydrogens (tertiary/aromatic N) is 1. The van der Waals surface area contributed by atoms with Gasteiger partial charge >= 0.3 is 0 Å². The molecule has 1 rings (SSSR count). The van der Waals surface area contributed by atoms with E-state index in [4.69, 9.17) is 0 Å². The third-order valence-electron chi connectivity index (χ3n) is 2.49. The second-order valence-corrected chi connectivity index (χ2v) is 8.35. The van der Waals surface area contributed by atoms with Crippen molar-refractivity contribution in [2.75, 3.05) is 19.3 Å². The van der Waals surface area contributed by atoms with E-state index in [1.54, 1.807) is 11.3 Å². The fourth-order valence-corrected chi connectivity index (χ4v) is 2.91. The molecule has 1 aromatic rings. The van der Waals surface area contributed by atoms with Gasteiger partial charge in [-0.2, -0.15) is 0 Å². The highest BCUT2D eigenvalue weighted by atomic mass is 32.2. The van der Waals surface area contributed by atoms with Gasteiger partial charge in [0, 0.05) is 23.9 Å². The van der Waals surface area contributed by atoms with Crippen molar-refractivity contribution in [3.05, 3.63) is 16.1 Å². The van der Waals surface area contributed by atoms with Crippen LogP contribution in [0, 0.1) is 0 Å². The van der Waals surface area contributed by atoms with Crippen LogP contribution in [0.5, 0.6) is 0 Å². The molecular weight excluding hydrogens is 282 g/mol. The van der Waals surface area contributed by atoms with Crippen LogP contribution in [0.4, 0.5) is 0 Å². The molecule has 110 valence electrons. The Morgan fingerprint density at radius 1 is 1.32 bits per heavy atom. The van der Waals surface area contributed by atoms with Gasteiger partial charge in [-0.05, 0) is 13.0 Å². The third kappa shape index (κ3) is 7.00. The lowest BCUT2D eigenvalue weighted by Gasteiger charge is -2.14. The molecule has 0 aromatic carbocycles. The molecule has 0 fully saturated rings. The molecule has 0 bridgehead atoms. The zero-order valence-electron chi connectivity index (χ0n) is 12.0. The van der Waals surface area contributed by atoms with Crippen molar-refractivity contribution in [3.63, 3.8) is 0 Å². The summed E-state index contributed by atoms with van der Waals surface area (Å²) in [5, 5.41) is 6.44. The summed E-state index contributed by atoms with van der Waals surface area (Å²) < 4.78 is 24.1. The number of hydrogen-bond acceptors (Lipinski definition) is 5. The fourth-order valence-electron chi connectivity index (χ4n) is 1.40. The summed E-state index contributed by atoms with van der Waals surface area (Å²) >= 11 is 1.66. The van der Waals surface area contributed by atoms with Crippen LogP contribution in [0.3, 0.4) is 0 Å². The number of rotatable bonds is 7. The van der Waals surface area contributed by atoms with Crippen LogP contribution in [0.2, 0.25) is 0 Å². The Morgan fingerprint density at radius 3 is 2.53 bits per heavy atom. The van der Waals surface area contributed by atoms with Crippen molar-refractivity contribution >= 4 is 21.4 Å². The lowest BCUT2D eigenvalue weighted by molar-refractivity contribution is 0.566. The quantitative estimate of drug-likeness (QED) is 0.748. The number of nitrogens with one attached hydrogen (secondary N) is 2. The van der Waals surface area contributed by atoms with E-state index in [1.165, 1.54) is 6.26 Å². The first-order chi connectivity index (χ1) is 8.68. The molecule has 0 spiro atoms. The van der Waals surface area contributed by atoms with Gasteiger partial charge in [-0.1, -0.05) is 20.8 Å². The Morgan fingerprint density at radius 2 is 2.00 bits per heavy atom. The standard InChI is InChI=1S/C12H23N3O2S2/c1-12(2,3)10-9-18-11(15-10)8-13-6-5-7-14-19(4,16)17/h9,13-14H,5-8H2,1-4H3. The van der Waals surface area contributed by atoms with Crippen LogP contribution in [-0.2, 0) is 22.0 Å². The molecule has 0 atom stereocenters. The zero-order valence-corrected chi connectivity index (χ0v) is 13.6. The Bertz CT molecular complexity index is 489. The number of aromatic nitrogens is 1. The summed E-state index contributed by atoms with van der Waals surface area (Å²) in [6, 6.07) is 0. The first kappa shape index (κ1) is 16.6. The maximum atomic E-state index is 10.8. The second-order valence-electron chi connectivity index (χ2n) is 5.57. The number of sulfonamides is 1. The molecule has 0 radical (unpaired) electrons. The summed E-state index contributed by atoms with van der Waals surface area (Å²) in [5.74, 6) is 0. The molecule has 19 heavy (non-hydrogen) atoms. The smallest absolute Gasteiger partial charge is 0.208 e. The van der Waals surface area contributed by atoms with Crippen LogP contribution in [0.1, 0.15) is 37.9 Å². The van der Waals surface area contributed by atoms with Gasteiger partial charge in [-0.3, -0.25) is 0 Å². The Balaban J connectivity index is 2.22. The van der Waals surface area contributed by atoms with Crippen molar-refractivity contribution in [2.24, 2.45) is 0 Å². The van der Waals surface area contributed by atoms with E-state index >= 15 is 0 Å². The molecule has 1 aromatic heterocycles. The lowest BCUT2D eigenvalue weighted by atomic mass is 9.93. The van der Waals surface area contributed by atoms with E-state index in [1.807, 2.05) is 0 Å². The molecular formula is C12H23N3O2S2. The van der Waals surface area contributed by atoms with Gasteiger partial charge in [0.1, 0.15) is 5.01 Å². The normalized spacial score (nSPS) is 12.8. The third-order valence-corrected chi connectivity index (χ3v) is 4.07. The summed E-state index contributed by atoms with van der Waals surface area (Å²) in [7, 11) is -3.06. The maximum absolute atomic E-state index is 10.8. The summed E-state index contributed by atoms with van der Waals surface area (Å²) in [5.41, 5.74) is 1.21. The topological polar surface area (TPSA) is 71.1 Å². The SMILES string of the molecule is CC(C)(C)c1csc(CNCCCNS(C)(=O)=O)n1. The molecule has 0 saturated heterocycles. The van der Waals surface area contributed by atoms with Crippen LogP contribution < -0.4 is 10.0 Å². The Hall–Kier alpha value is -0.500. The van der Waals surface area contributed by atoms with Crippen LogP contribution in [-0.4, -0.2) is 32.7 Å². The van der Waals surface area contributed by atoms with Gasteiger partial charge in [0.2, 0.25) is 10.0 Å². The van der Waals surface area contributed by atoms with E-state index in [9.17, 15) is 8.42 Å². The molecule has 0 unspecified atom stereocenters. The molecule has 2 N–H and O–H groups in total. The van der Waals surface area contributed by atoms with Gasteiger partial charge in [-0.15, -0.1) is 11.3 Å². The molecule has 5 nitrogen and oxygen atoms in total. The van der Waals surface area contributed by atoms with E-state index in [0.717, 1.165) is 30.2 Å². The van der Waals surface area contributed by atoms with Gasteiger partial charge in [0.15, 0.2) is 0 Å². The summed E-state index contributed by atoms with van der Waals surface area (Å²) in [6.07, 6.45) is 1.94. The van der Waals surface area contributed by atoms with Crippen LogP contribution >= 0.6 is 11.3 Å². The minimum atomic E-state index is -3.06. The molecule has 0 aliphatic heterocycles. The fraction of sp³-hybridized carbons (Fsp3) is 0.750. The lowest BCUT2D eigenvalue weighted by Crippen LogP contribution is -2.26. The van der Waals surface area contributed by atoms with Gasteiger partial charge in [-0.25, -0.2) is 18.1 Å². The monoisotopic (exact) mass is 305 g/mol. The maximum Gasteiger partial charge on any atom is 0.208 e. The molecule has 7 heteroatoms. The first-order valence-electron chi connectivity index (χ1n) is 6.29. The minimum absolute atomic E-state index is 0.0914. The average molecular weight is 305 g/mol. The van der Waals surface area contributed by atoms with Crippen LogP contribution in [0.15, 0.2) is 5.38 Å². The molecule has 0 aliphatic rings. The second kappa shape index (κ2) is 6.78. The molecule has 0 amide bonds. The predicted molar refractivity (Wildman–Crippen MR) is 80.0 cm³/mol. The van der Waals surface area contributed by atoms with E-state index in [-0.39, 0.29) is 5.41 Å². The highest BCUT2D eigenvalue weighted by molar-refractivity contribution is 7.88. The van der Waals surface area contributed by atoms with Gasteiger partial charge in [0.05, 0.1) is 11.9 Å². The highest BCUT2D eigenvalue weighted by Gasteiger charge is 2.16. The summed E-state index contributed by atoms with van der Waals surface area (Å²) in [4.78, 5) is 4.58. The van der Waals surface area contributed by atoms with Crippen molar-refractivity contribution in [1.82, 2.24) is 15.0 Å². The average Bonchev–Trinajstić information content (AvgIpc) is 2.69. The minimum Gasteiger partial charge on any atom is -0.310 e. The highest BCUT2D eigenvalue weighted by Crippen LogP contribution is 2.23. The number of hydrogen-bond donors (Lipinski definition) is 2. The first-order valence-corrected chi connectivity index (χ1v) is 9.06. The van der Waals surface area contributed by atoms with Crippen molar-refractivity contribution in [2.45, 2.75) is 39.2 Å². The molecule has 1 heterocycles. The summed E-state index contributed by atoms with van der Waals surface area (Å²) in [6.45, 7) is 8.42. The Kier molecular flexibility index (Phi) is 5.91. The largest absolute Gasteiger partial charge is 0.310 e.